The summed E-state index contributed by atoms with van der Waals surface area (Å²) in [7, 11) is 0. The van der Waals surface area contributed by atoms with Gasteiger partial charge >= 0.3 is 0 Å². The van der Waals surface area contributed by atoms with Gasteiger partial charge in [0.2, 0.25) is 0 Å². The summed E-state index contributed by atoms with van der Waals surface area (Å²) in [5.41, 5.74) is 13.6. The minimum absolute atomic E-state index is 0.595. The van der Waals surface area contributed by atoms with Crippen LogP contribution in [0.2, 0.25) is 0 Å². The third-order valence-electron chi connectivity index (χ3n) is 13.3. The molecule has 0 aliphatic heterocycles. The molecule has 0 radical (unpaired) electrons. The fraction of sp³-hybridized carbons (Fsp3) is 0.400. The molecule has 9 rings (SSSR count). The molecule has 8 bridgehead atoms. The fourth-order valence-corrected chi connectivity index (χ4v) is 9.88. The predicted octanol–water partition coefficient (Wildman–Crippen LogP) is 12.1. The normalized spacial score (nSPS) is 12.3. The Morgan fingerprint density at radius 1 is 0.333 bits per heavy atom. The Bertz CT molecular complexity index is 2430. The van der Waals surface area contributed by atoms with Crippen LogP contribution in [-0.2, 0) is 51.9 Å². The molecule has 8 aromatic rings. The van der Waals surface area contributed by atoms with Crippen LogP contribution in [0.1, 0.15) is 146 Å². The maximum Gasteiger partial charge on any atom is 0.126 e. The summed E-state index contributed by atoms with van der Waals surface area (Å²) in [4.78, 5) is 0. The smallest absolute Gasteiger partial charge is 0.126 e. The van der Waals surface area contributed by atoms with Crippen molar-refractivity contribution in [1.82, 2.24) is 39.1 Å². The van der Waals surface area contributed by atoms with Crippen LogP contribution in [0.15, 0.2) is 122 Å². The molecular formula is C60H72N8O4. The van der Waals surface area contributed by atoms with E-state index >= 15 is 0 Å². The highest BCUT2D eigenvalue weighted by Crippen LogP contribution is 2.41. The van der Waals surface area contributed by atoms with Crippen molar-refractivity contribution in [3.05, 3.63) is 189 Å². The van der Waals surface area contributed by atoms with E-state index in [9.17, 15) is 0 Å². The first kappa shape index (κ1) is 49.9. The third kappa shape index (κ3) is 12.9. The fourth-order valence-electron chi connectivity index (χ4n) is 9.88. The van der Waals surface area contributed by atoms with E-state index in [2.05, 4.69) is 96.6 Å². The van der Waals surface area contributed by atoms with Gasteiger partial charge in [-0.3, -0.25) is 18.7 Å². The van der Waals surface area contributed by atoms with E-state index in [0.717, 1.165) is 141 Å². The topological polar surface area (TPSA) is 108 Å². The first-order valence-electron chi connectivity index (χ1n) is 26.5. The van der Waals surface area contributed by atoms with Crippen molar-refractivity contribution in [2.45, 2.75) is 131 Å². The number of fused-ring (bicyclic) bond motifs is 8. The van der Waals surface area contributed by atoms with Crippen LogP contribution >= 0.6 is 0 Å². The highest BCUT2D eigenvalue weighted by atomic mass is 16.5. The molecule has 4 heterocycles. The van der Waals surface area contributed by atoms with E-state index in [4.69, 9.17) is 18.9 Å². The van der Waals surface area contributed by atoms with E-state index in [1.165, 1.54) is 0 Å². The van der Waals surface area contributed by atoms with Crippen LogP contribution in [0.4, 0.5) is 0 Å². The van der Waals surface area contributed by atoms with Gasteiger partial charge in [-0.2, -0.15) is 20.4 Å². The van der Waals surface area contributed by atoms with E-state index in [0.29, 0.717) is 78.3 Å². The second-order valence-corrected chi connectivity index (χ2v) is 19.3. The first-order chi connectivity index (χ1) is 35.5. The first-order valence-corrected chi connectivity index (χ1v) is 26.5. The Kier molecular flexibility index (Phi) is 17.2. The van der Waals surface area contributed by atoms with Crippen LogP contribution in [0, 0.1) is 0 Å². The zero-order valence-electron chi connectivity index (χ0n) is 42.9. The lowest BCUT2D eigenvalue weighted by atomic mass is 9.88. The van der Waals surface area contributed by atoms with Crippen molar-refractivity contribution in [1.29, 1.82) is 0 Å². The number of aromatic nitrogens is 8. The largest absolute Gasteiger partial charge is 0.493 e. The van der Waals surface area contributed by atoms with Gasteiger partial charge in [-0.15, -0.1) is 0 Å². The maximum absolute atomic E-state index is 7.09. The summed E-state index contributed by atoms with van der Waals surface area (Å²) in [6, 6.07) is 26.7. The summed E-state index contributed by atoms with van der Waals surface area (Å²) in [5, 5.41) is 18.7. The predicted molar refractivity (Wildman–Crippen MR) is 284 cm³/mol. The van der Waals surface area contributed by atoms with Crippen LogP contribution in [0.5, 0.6) is 23.0 Å². The molecule has 4 aromatic heterocycles. The number of benzene rings is 4. The number of nitrogens with zero attached hydrogens (tertiary/aromatic N) is 8. The molecule has 0 amide bonds. The second kappa shape index (κ2) is 24.8. The molecule has 0 fully saturated rings. The van der Waals surface area contributed by atoms with Gasteiger partial charge < -0.3 is 18.9 Å². The zero-order valence-corrected chi connectivity index (χ0v) is 42.9. The lowest BCUT2D eigenvalue weighted by molar-refractivity contribution is 0.297. The molecule has 376 valence electrons. The SMILES string of the molecule is CCCCOc1c2cc(Cn3cccn3)cc1Cc1cc(Cn3cccn3)cc(c1OCCCC)Cc1cc(Cn3cccn3)cc(c1OCCCC)Cc1cc(Cn3cccn3)cc(c1OCCCC)C2. The standard InChI is InChI=1S/C60H72N8O4/c1-5-9-25-69-57-49-29-45(41-65-21-13-17-61-65)30-50(57)38-52-32-47(43-67-23-15-19-63-67)34-54(59(52)71-27-11-7-3)40-56-36-48(44-68-24-16-20-64-68)35-55(60(56)72-28-12-8-4)39-53-33-46(42-66-22-14-18-62-66)31-51(37-49)58(53)70-26-10-6-2/h13-24,29-36H,5-12,25-28,37-44H2,1-4H3. The maximum atomic E-state index is 7.09. The van der Waals surface area contributed by atoms with Crippen molar-refractivity contribution in [3.8, 4) is 23.0 Å². The second-order valence-electron chi connectivity index (χ2n) is 19.3. The Hall–Kier alpha value is -7.08. The van der Waals surface area contributed by atoms with Crippen molar-refractivity contribution in [2.24, 2.45) is 0 Å². The van der Waals surface area contributed by atoms with Crippen LogP contribution in [-0.4, -0.2) is 65.5 Å². The van der Waals surface area contributed by atoms with Crippen molar-refractivity contribution in [2.75, 3.05) is 26.4 Å². The number of unbranched alkanes of at least 4 members (excludes halogenated alkanes) is 4. The van der Waals surface area contributed by atoms with Gasteiger partial charge in [-0.1, -0.05) is 53.4 Å². The van der Waals surface area contributed by atoms with E-state index in [-0.39, 0.29) is 0 Å². The Balaban J connectivity index is 1.34. The number of hydrogen-bond acceptors (Lipinski definition) is 8. The Morgan fingerprint density at radius 3 is 0.708 bits per heavy atom. The summed E-state index contributed by atoms with van der Waals surface area (Å²) < 4.78 is 36.4. The molecule has 12 nitrogen and oxygen atoms in total. The zero-order chi connectivity index (χ0) is 49.5. The molecule has 1 aliphatic rings. The number of ether oxygens (including phenoxy) is 4. The summed E-state index contributed by atoms with van der Waals surface area (Å²) in [6.45, 7) is 13.8. The molecule has 72 heavy (non-hydrogen) atoms. The van der Waals surface area contributed by atoms with Gasteiger partial charge in [0.25, 0.3) is 0 Å². The summed E-state index contributed by atoms with van der Waals surface area (Å²) in [5.74, 6) is 3.71. The quantitative estimate of drug-likeness (QED) is 0.0551. The molecule has 0 atom stereocenters. The van der Waals surface area contributed by atoms with Gasteiger partial charge in [-0.25, -0.2) is 0 Å². The molecule has 0 unspecified atom stereocenters. The molecular weight excluding hydrogens is 897 g/mol. The molecule has 0 spiro atoms. The molecule has 4 aromatic carbocycles. The van der Waals surface area contributed by atoms with E-state index < -0.39 is 0 Å². The monoisotopic (exact) mass is 969 g/mol. The average Bonchev–Trinajstić information content (AvgIpc) is 4.24. The number of hydrogen-bond donors (Lipinski definition) is 0. The van der Waals surface area contributed by atoms with Crippen molar-refractivity contribution >= 4 is 0 Å². The van der Waals surface area contributed by atoms with Gasteiger partial charge in [0, 0.05) is 75.3 Å². The van der Waals surface area contributed by atoms with E-state index in [1.54, 1.807) is 0 Å². The van der Waals surface area contributed by atoms with Crippen molar-refractivity contribution < 1.29 is 18.9 Å². The third-order valence-corrected chi connectivity index (χ3v) is 13.3. The van der Waals surface area contributed by atoms with Gasteiger partial charge in [0.15, 0.2) is 0 Å². The van der Waals surface area contributed by atoms with Crippen molar-refractivity contribution in [3.63, 3.8) is 0 Å². The lowest BCUT2D eigenvalue weighted by Gasteiger charge is -2.25. The van der Waals surface area contributed by atoms with Crippen LogP contribution in [0.3, 0.4) is 0 Å². The van der Waals surface area contributed by atoms with Gasteiger partial charge in [0.05, 0.1) is 52.6 Å². The Morgan fingerprint density at radius 2 is 0.542 bits per heavy atom. The minimum atomic E-state index is 0.595. The number of rotatable bonds is 24. The molecule has 12 heteroatoms. The Labute approximate surface area is 425 Å². The summed E-state index contributed by atoms with van der Waals surface area (Å²) >= 11 is 0. The average molecular weight is 969 g/mol. The molecule has 0 N–H and O–H groups in total. The van der Waals surface area contributed by atoms with Crippen LogP contribution < -0.4 is 18.9 Å². The highest BCUT2D eigenvalue weighted by molar-refractivity contribution is 5.59. The van der Waals surface area contributed by atoms with E-state index in [1.807, 2.05) is 92.6 Å². The van der Waals surface area contributed by atoms with Gasteiger partial charge in [0.1, 0.15) is 23.0 Å². The van der Waals surface area contributed by atoms with Crippen LogP contribution in [0.25, 0.3) is 0 Å². The lowest BCUT2D eigenvalue weighted by Crippen LogP contribution is -2.13. The minimum Gasteiger partial charge on any atom is -0.493 e. The summed E-state index contributed by atoms with van der Waals surface area (Å²) in [6.07, 6.45) is 25.8. The highest BCUT2D eigenvalue weighted by Gasteiger charge is 2.25. The molecule has 1 aliphatic carbocycles. The molecule has 0 saturated carbocycles. The van der Waals surface area contributed by atoms with Gasteiger partial charge in [-0.05, 0) is 165 Å². The molecule has 0 saturated heterocycles.